The zero-order chi connectivity index (χ0) is 18.9. The van der Waals surface area contributed by atoms with Gasteiger partial charge in [-0.05, 0) is 39.3 Å². The molecule has 0 saturated carbocycles. The van der Waals surface area contributed by atoms with Crippen molar-refractivity contribution in [3.05, 3.63) is 47.0 Å². The Balaban J connectivity index is 2.02. The maximum absolute atomic E-state index is 13.1. The molecule has 0 aliphatic carbocycles. The van der Waals surface area contributed by atoms with E-state index in [-0.39, 0.29) is 10.9 Å². The van der Waals surface area contributed by atoms with Crippen LogP contribution in [-0.4, -0.2) is 27.9 Å². The lowest BCUT2D eigenvalue weighted by atomic mass is 10.2. The number of sulfone groups is 1. The van der Waals surface area contributed by atoms with Gasteiger partial charge >= 0.3 is 0 Å². The molecule has 0 aliphatic rings. The molecular weight excluding hydrogens is 348 g/mol. The van der Waals surface area contributed by atoms with Gasteiger partial charge in [0.2, 0.25) is 15.0 Å². The third-order valence-corrected chi connectivity index (χ3v) is 6.13. The summed E-state index contributed by atoms with van der Waals surface area (Å²) < 4.78 is 28.0. The second-order valence-electron chi connectivity index (χ2n) is 6.57. The molecule has 0 atom stereocenters. The number of rotatable bonds is 6. The van der Waals surface area contributed by atoms with Gasteiger partial charge < -0.3 is 4.57 Å². The predicted octanol–water partition coefficient (Wildman–Crippen LogP) is 3.53. The Hall–Kier alpha value is -2.28. The van der Waals surface area contributed by atoms with Crippen LogP contribution in [0.5, 0.6) is 0 Å². The molecule has 6 nitrogen and oxygen atoms in total. The minimum absolute atomic E-state index is 0.135. The van der Waals surface area contributed by atoms with Gasteiger partial charge in [-0.25, -0.2) is 23.4 Å². The van der Waals surface area contributed by atoms with E-state index in [4.69, 9.17) is 0 Å². The lowest BCUT2D eigenvalue weighted by Gasteiger charge is -2.11. The van der Waals surface area contributed by atoms with Gasteiger partial charge in [0.15, 0.2) is 0 Å². The highest BCUT2D eigenvalue weighted by atomic mass is 32.2. The van der Waals surface area contributed by atoms with Crippen LogP contribution < -0.4 is 0 Å². The van der Waals surface area contributed by atoms with Crippen LogP contribution in [0.25, 0.3) is 11.0 Å². The SMILES string of the molecule is CCCCn1c(S(=O)(=O)Cc2nc3ccccc3nc2C)nc(C)c1C. The van der Waals surface area contributed by atoms with Gasteiger partial charge in [-0.3, -0.25) is 0 Å². The molecule has 26 heavy (non-hydrogen) atoms. The number of imidazole rings is 1. The first kappa shape index (κ1) is 18.5. The molecule has 2 aromatic heterocycles. The zero-order valence-corrected chi connectivity index (χ0v) is 16.5. The van der Waals surface area contributed by atoms with Crippen LogP contribution in [0.15, 0.2) is 29.4 Å². The smallest absolute Gasteiger partial charge is 0.228 e. The van der Waals surface area contributed by atoms with Crippen molar-refractivity contribution in [3.8, 4) is 0 Å². The molecule has 3 aromatic rings. The fourth-order valence-corrected chi connectivity index (χ4v) is 4.55. The largest absolute Gasteiger partial charge is 0.319 e. The number of aromatic nitrogens is 4. The summed E-state index contributed by atoms with van der Waals surface area (Å²) in [4.78, 5) is 13.4. The maximum atomic E-state index is 13.1. The number of para-hydroxylation sites is 2. The van der Waals surface area contributed by atoms with Gasteiger partial charge in [-0.1, -0.05) is 25.5 Å². The molecule has 0 unspecified atom stereocenters. The number of benzene rings is 1. The summed E-state index contributed by atoms with van der Waals surface area (Å²) in [5, 5.41) is 0.135. The normalized spacial score (nSPS) is 12.0. The first-order chi connectivity index (χ1) is 12.3. The van der Waals surface area contributed by atoms with Crippen LogP contribution >= 0.6 is 0 Å². The lowest BCUT2D eigenvalue weighted by molar-refractivity contribution is 0.538. The highest BCUT2D eigenvalue weighted by Gasteiger charge is 2.26. The molecule has 0 radical (unpaired) electrons. The third-order valence-electron chi connectivity index (χ3n) is 4.61. The standard InChI is InChI=1S/C19H24N4O2S/c1-5-6-11-23-15(4)13(2)21-19(23)26(24,25)12-18-14(3)20-16-9-7-8-10-17(16)22-18/h7-10H,5-6,11-12H2,1-4H3. The van der Waals surface area contributed by atoms with Gasteiger partial charge in [0.1, 0.15) is 5.75 Å². The molecule has 0 fully saturated rings. The van der Waals surface area contributed by atoms with Crippen molar-refractivity contribution in [2.75, 3.05) is 0 Å². The summed E-state index contributed by atoms with van der Waals surface area (Å²) in [6.45, 7) is 8.29. The molecule has 0 N–H and O–H groups in total. The Morgan fingerprint density at radius 2 is 1.62 bits per heavy atom. The number of hydrogen-bond acceptors (Lipinski definition) is 5. The van der Waals surface area contributed by atoms with Gasteiger partial charge in [-0.15, -0.1) is 0 Å². The minimum Gasteiger partial charge on any atom is -0.319 e. The highest BCUT2D eigenvalue weighted by Crippen LogP contribution is 2.22. The fraction of sp³-hybridized carbons (Fsp3) is 0.421. The van der Waals surface area contributed by atoms with E-state index in [1.54, 1.807) is 6.92 Å². The van der Waals surface area contributed by atoms with Crippen LogP contribution in [0.3, 0.4) is 0 Å². The van der Waals surface area contributed by atoms with E-state index in [2.05, 4.69) is 21.9 Å². The first-order valence-corrected chi connectivity index (χ1v) is 10.5. The van der Waals surface area contributed by atoms with Crippen molar-refractivity contribution in [2.24, 2.45) is 0 Å². The Bertz CT molecular complexity index is 1050. The predicted molar refractivity (Wildman–Crippen MR) is 102 cm³/mol. The third kappa shape index (κ3) is 3.49. The second-order valence-corrected chi connectivity index (χ2v) is 8.46. The van der Waals surface area contributed by atoms with Crippen LogP contribution in [0.1, 0.15) is 42.5 Å². The van der Waals surface area contributed by atoms with Crippen molar-refractivity contribution in [1.82, 2.24) is 19.5 Å². The molecule has 3 rings (SSSR count). The fourth-order valence-electron chi connectivity index (χ4n) is 2.95. The van der Waals surface area contributed by atoms with E-state index in [0.29, 0.717) is 23.4 Å². The minimum atomic E-state index is -3.62. The van der Waals surface area contributed by atoms with Gasteiger partial charge in [0.25, 0.3) is 0 Å². The summed E-state index contributed by atoms with van der Waals surface area (Å²) >= 11 is 0. The number of unbranched alkanes of at least 4 members (excludes halogenated alkanes) is 1. The summed E-state index contributed by atoms with van der Waals surface area (Å²) in [7, 11) is -3.62. The van der Waals surface area contributed by atoms with Crippen molar-refractivity contribution < 1.29 is 8.42 Å². The average molecular weight is 372 g/mol. The highest BCUT2D eigenvalue weighted by molar-refractivity contribution is 7.90. The van der Waals surface area contributed by atoms with Gasteiger partial charge in [0.05, 0.1) is 28.1 Å². The number of fused-ring (bicyclic) bond motifs is 1. The Labute approximate surface area is 154 Å². The van der Waals surface area contributed by atoms with Crippen LogP contribution in [-0.2, 0) is 22.1 Å². The van der Waals surface area contributed by atoms with Crippen molar-refractivity contribution in [1.29, 1.82) is 0 Å². The average Bonchev–Trinajstić information content (AvgIpc) is 2.89. The van der Waals surface area contributed by atoms with E-state index in [1.807, 2.05) is 42.7 Å². The number of hydrogen-bond donors (Lipinski definition) is 0. The monoisotopic (exact) mass is 372 g/mol. The lowest BCUT2D eigenvalue weighted by Crippen LogP contribution is -2.16. The molecular formula is C19H24N4O2S. The van der Waals surface area contributed by atoms with Crippen molar-refractivity contribution in [2.45, 2.75) is 58.0 Å². The van der Waals surface area contributed by atoms with Crippen molar-refractivity contribution >= 4 is 20.9 Å². The van der Waals surface area contributed by atoms with Crippen LogP contribution in [0, 0.1) is 20.8 Å². The van der Waals surface area contributed by atoms with Crippen LogP contribution in [0.4, 0.5) is 0 Å². The zero-order valence-electron chi connectivity index (χ0n) is 15.7. The Morgan fingerprint density at radius 3 is 2.27 bits per heavy atom. The van der Waals surface area contributed by atoms with E-state index in [1.165, 1.54) is 0 Å². The molecule has 0 spiro atoms. The van der Waals surface area contributed by atoms with E-state index >= 15 is 0 Å². The molecule has 0 amide bonds. The van der Waals surface area contributed by atoms with E-state index in [0.717, 1.165) is 29.7 Å². The number of aryl methyl sites for hydroxylation is 2. The first-order valence-electron chi connectivity index (χ1n) is 8.82. The summed E-state index contributed by atoms with van der Waals surface area (Å²) in [5.74, 6) is -0.196. The number of nitrogens with zero attached hydrogens (tertiary/aromatic N) is 4. The quantitative estimate of drug-likeness (QED) is 0.661. The summed E-state index contributed by atoms with van der Waals surface area (Å²) in [6, 6.07) is 7.48. The summed E-state index contributed by atoms with van der Waals surface area (Å²) in [5.41, 5.74) is 4.23. The molecule has 2 heterocycles. The molecule has 0 aliphatic heterocycles. The molecule has 0 bridgehead atoms. The van der Waals surface area contributed by atoms with E-state index in [9.17, 15) is 8.42 Å². The molecule has 138 valence electrons. The van der Waals surface area contributed by atoms with Gasteiger partial charge in [0, 0.05) is 12.2 Å². The van der Waals surface area contributed by atoms with Gasteiger partial charge in [-0.2, -0.15) is 0 Å². The molecule has 0 saturated heterocycles. The molecule has 7 heteroatoms. The molecule has 1 aromatic carbocycles. The van der Waals surface area contributed by atoms with Crippen molar-refractivity contribution in [3.63, 3.8) is 0 Å². The summed E-state index contributed by atoms with van der Waals surface area (Å²) in [6.07, 6.45) is 1.90. The Morgan fingerprint density at radius 1 is 0.962 bits per heavy atom. The Kier molecular flexibility index (Phi) is 5.09. The van der Waals surface area contributed by atoms with E-state index < -0.39 is 9.84 Å². The topological polar surface area (TPSA) is 77.7 Å². The maximum Gasteiger partial charge on any atom is 0.228 e. The second kappa shape index (κ2) is 7.15. The van der Waals surface area contributed by atoms with Crippen LogP contribution in [0.2, 0.25) is 0 Å².